The summed E-state index contributed by atoms with van der Waals surface area (Å²) >= 11 is 0. The summed E-state index contributed by atoms with van der Waals surface area (Å²) in [7, 11) is 0. The van der Waals surface area contributed by atoms with Crippen molar-refractivity contribution in [2.45, 2.75) is 18.4 Å². The number of rotatable bonds is 7. The van der Waals surface area contributed by atoms with E-state index in [-0.39, 0.29) is 12.3 Å². The Morgan fingerprint density at radius 1 is 0.704 bits per heavy atom. The molecule has 0 fully saturated rings. The SMILES string of the molecule is NC(=O)[C@@H](OC(=O)CC(c1ccccc1)c1ccccc1)c1ccccc1. The summed E-state index contributed by atoms with van der Waals surface area (Å²) < 4.78 is 5.46. The highest BCUT2D eigenvalue weighted by atomic mass is 16.5. The third-order valence-corrected chi connectivity index (χ3v) is 4.38. The predicted octanol–water partition coefficient (Wildman–Crippen LogP) is 3.98. The van der Waals surface area contributed by atoms with Crippen molar-refractivity contribution in [3.8, 4) is 0 Å². The van der Waals surface area contributed by atoms with E-state index in [1.165, 1.54) is 0 Å². The van der Waals surface area contributed by atoms with Crippen LogP contribution < -0.4 is 5.73 Å². The molecule has 0 saturated carbocycles. The van der Waals surface area contributed by atoms with Crippen molar-refractivity contribution in [1.82, 2.24) is 0 Å². The van der Waals surface area contributed by atoms with Crippen LogP contribution in [-0.4, -0.2) is 11.9 Å². The zero-order valence-corrected chi connectivity index (χ0v) is 14.8. The highest BCUT2D eigenvalue weighted by Crippen LogP contribution is 2.29. The molecule has 0 aliphatic heterocycles. The van der Waals surface area contributed by atoms with Gasteiger partial charge in [0.25, 0.3) is 5.91 Å². The van der Waals surface area contributed by atoms with E-state index in [1.807, 2.05) is 66.7 Å². The van der Waals surface area contributed by atoms with E-state index in [0.29, 0.717) is 5.56 Å². The van der Waals surface area contributed by atoms with Gasteiger partial charge < -0.3 is 10.5 Å². The third-order valence-electron chi connectivity index (χ3n) is 4.38. The lowest BCUT2D eigenvalue weighted by molar-refractivity contribution is -0.155. The molecule has 3 aromatic carbocycles. The van der Waals surface area contributed by atoms with Gasteiger partial charge in [0.05, 0.1) is 6.42 Å². The minimum absolute atomic E-state index is 0.116. The van der Waals surface area contributed by atoms with Crippen molar-refractivity contribution in [3.63, 3.8) is 0 Å². The number of nitrogens with two attached hydrogens (primary N) is 1. The fourth-order valence-corrected chi connectivity index (χ4v) is 3.06. The number of benzene rings is 3. The maximum atomic E-state index is 12.7. The third kappa shape index (κ3) is 4.82. The molecule has 0 heterocycles. The van der Waals surface area contributed by atoms with E-state index in [9.17, 15) is 9.59 Å². The number of hydrogen-bond acceptors (Lipinski definition) is 3. The van der Waals surface area contributed by atoms with Crippen molar-refractivity contribution in [2.75, 3.05) is 0 Å². The topological polar surface area (TPSA) is 69.4 Å². The standard InChI is InChI=1S/C23H21NO3/c24-23(26)22(19-14-8-3-9-15-19)27-21(25)16-20(17-10-4-1-5-11-17)18-12-6-2-7-13-18/h1-15,20,22H,16H2,(H2,24,26)/t22-/m0/s1. The predicted molar refractivity (Wildman–Crippen MR) is 104 cm³/mol. The Labute approximate surface area is 158 Å². The molecule has 0 aliphatic rings. The normalized spacial score (nSPS) is 11.7. The molecule has 0 aliphatic carbocycles. The fourth-order valence-electron chi connectivity index (χ4n) is 3.06. The molecule has 1 amide bonds. The molecule has 3 aromatic rings. The van der Waals surface area contributed by atoms with E-state index in [1.54, 1.807) is 24.3 Å². The Balaban J connectivity index is 1.81. The molecule has 0 radical (unpaired) electrons. The number of esters is 1. The van der Waals surface area contributed by atoms with Gasteiger partial charge in [-0.1, -0.05) is 91.0 Å². The zero-order valence-electron chi connectivity index (χ0n) is 14.8. The first-order chi connectivity index (χ1) is 13.1. The molecule has 4 heteroatoms. The molecule has 0 bridgehead atoms. The maximum Gasteiger partial charge on any atom is 0.307 e. The van der Waals surface area contributed by atoms with Crippen molar-refractivity contribution in [1.29, 1.82) is 0 Å². The van der Waals surface area contributed by atoms with E-state index >= 15 is 0 Å². The second-order valence-corrected chi connectivity index (χ2v) is 6.26. The molecular weight excluding hydrogens is 338 g/mol. The molecule has 0 saturated heterocycles. The van der Waals surface area contributed by atoms with Gasteiger partial charge in [-0.15, -0.1) is 0 Å². The van der Waals surface area contributed by atoms with Crippen LogP contribution in [0.1, 0.15) is 35.1 Å². The number of amides is 1. The minimum atomic E-state index is -1.09. The number of carbonyl (C=O) groups is 2. The Hall–Kier alpha value is -3.40. The Morgan fingerprint density at radius 2 is 1.11 bits per heavy atom. The van der Waals surface area contributed by atoms with Crippen LogP contribution in [0.2, 0.25) is 0 Å². The van der Waals surface area contributed by atoms with Gasteiger partial charge in [0.2, 0.25) is 6.10 Å². The molecule has 0 unspecified atom stereocenters. The van der Waals surface area contributed by atoms with E-state index in [0.717, 1.165) is 11.1 Å². The Kier molecular flexibility index (Phi) is 6.00. The smallest absolute Gasteiger partial charge is 0.307 e. The summed E-state index contributed by atoms with van der Waals surface area (Å²) in [6.07, 6.45) is -0.976. The van der Waals surface area contributed by atoms with Gasteiger partial charge >= 0.3 is 5.97 Å². The molecule has 4 nitrogen and oxygen atoms in total. The molecule has 136 valence electrons. The fraction of sp³-hybridized carbons (Fsp3) is 0.130. The summed E-state index contributed by atoms with van der Waals surface area (Å²) in [5, 5.41) is 0. The van der Waals surface area contributed by atoms with Crippen LogP contribution in [0.4, 0.5) is 0 Å². The number of hydrogen-bond donors (Lipinski definition) is 1. The summed E-state index contributed by atoms with van der Waals surface area (Å²) in [5.41, 5.74) is 8.04. The molecule has 1 atom stereocenters. The van der Waals surface area contributed by atoms with Gasteiger partial charge in [0.1, 0.15) is 0 Å². The van der Waals surface area contributed by atoms with Gasteiger partial charge in [-0.05, 0) is 11.1 Å². The number of carbonyl (C=O) groups excluding carboxylic acids is 2. The van der Waals surface area contributed by atoms with Crippen LogP contribution in [0, 0.1) is 0 Å². The molecule has 0 spiro atoms. The largest absolute Gasteiger partial charge is 0.447 e. The van der Waals surface area contributed by atoms with E-state index in [2.05, 4.69) is 0 Å². The monoisotopic (exact) mass is 359 g/mol. The molecule has 3 rings (SSSR count). The van der Waals surface area contributed by atoms with Gasteiger partial charge in [0.15, 0.2) is 0 Å². The molecular formula is C23H21NO3. The van der Waals surface area contributed by atoms with Crippen molar-refractivity contribution in [3.05, 3.63) is 108 Å². The van der Waals surface area contributed by atoms with E-state index < -0.39 is 18.0 Å². The highest BCUT2D eigenvalue weighted by molar-refractivity contribution is 5.84. The van der Waals surface area contributed by atoms with Crippen LogP contribution in [0.15, 0.2) is 91.0 Å². The van der Waals surface area contributed by atoms with Crippen LogP contribution in [-0.2, 0) is 14.3 Å². The Morgan fingerprint density at radius 3 is 1.52 bits per heavy atom. The first-order valence-corrected chi connectivity index (χ1v) is 8.79. The van der Waals surface area contributed by atoms with E-state index in [4.69, 9.17) is 10.5 Å². The van der Waals surface area contributed by atoms with Crippen molar-refractivity contribution >= 4 is 11.9 Å². The summed E-state index contributed by atoms with van der Waals surface area (Å²) in [6.45, 7) is 0. The van der Waals surface area contributed by atoms with Gasteiger partial charge in [-0.3, -0.25) is 9.59 Å². The Bertz CT molecular complexity index is 840. The first kappa shape index (κ1) is 18.4. The average molecular weight is 359 g/mol. The van der Waals surface area contributed by atoms with Gasteiger partial charge in [0, 0.05) is 11.5 Å². The van der Waals surface area contributed by atoms with Crippen molar-refractivity contribution < 1.29 is 14.3 Å². The molecule has 27 heavy (non-hydrogen) atoms. The second kappa shape index (κ2) is 8.81. The quantitative estimate of drug-likeness (QED) is 0.649. The zero-order chi connectivity index (χ0) is 19.1. The highest BCUT2D eigenvalue weighted by Gasteiger charge is 2.25. The summed E-state index contributed by atoms with van der Waals surface area (Å²) in [4.78, 5) is 24.5. The van der Waals surface area contributed by atoms with Gasteiger partial charge in [-0.25, -0.2) is 0 Å². The van der Waals surface area contributed by atoms with Crippen LogP contribution in [0.5, 0.6) is 0 Å². The summed E-state index contributed by atoms with van der Waals surface area (Å²) in [6, 6.07) is 28.3. The number of ether oxygens (including phenoxy) is 1. The lowest BCUT2D eigenvalue weighted by Gasteiger charge is -2.20. The average Bonchev–Trinajstić information content (AvgIpc) is 2.72. The number of primary amides is 1. The lowest BCUT2D eigenvalue weighted by Crippen LogP contribution is -2.26. The van der Waals surface area contributed by atoms with Gasteiger partial charge in [-0.2, -0.15) is 0 Å². The van der Waals surface area contributed by atoms with Crippen LogP contribution >= 0.6 is 0 Å². The van der Waals surface area contributed by atoms with Crippen LogP contribution in [0.3, 0.4) is 0 Å². The minimum Gasteiger partial charge on any atom is -0.447 e. The second-order valence-electron chi connectivity index (χ2n) is 6.26. The lowest BCUT2D eigenvalue weighted by atomic mass is 9.88. The van der Waals surface area contributed by atoms with Crippen LogP contribution in [0.25, 0.3) is 0 Å². The van der Waals surface area contributed by atoms with Crippen molar-refractivity contribution in [2.24, 2.45) is 5.73 Å². The maximum absolute atomic E-state index is 12.7. The molecule has 0 aromatic heterocycles. The first-order valence-electron chi connectivity index (χ1n) is 8.79. The molecule has 2 N–H and O–H groups in total. The summed E-state index contributed by atoms with van der Waals surface area (Å²) in [5.74, 6) is -1.32.